The first kappa shape index (κ1) is 12.6. The van der Waals surface area contributed by atoms with Crippen LogP contribution < -0.4 is 5.32 Å². The van der Waals surface area contributed by atoms with E-state index in [1.807, 2.05) is 6.92 Å². The van der Waals surface area contributed by atoms with Crippen molar-refractivity contribution >= 4 is 39.8 Å². The number of aromatic nitrogens is 3. The molecule has 84 valence electrons. The maximum atomic E-state index is 11.0. The molecule has 0 aliphatic rings. The molecule has 0 fully saturated rings. The second-order valence-corrected chi connectivity index (χ2v) is 5.18. The summed E-state index contributed by atoms with van der Waals surface area (Å²) in [5, 5.41) is 10.2. The number of rotatable bonds is 4. The Morgan fingerprint density at radius 1 is 1.47 bits per heavy atom. The highest BCUT2D eigenvalue weighted by atomic mass is 35.5. The lowest BCUT2D eigenvalue weighted by atomic mass is 10.4. The normalized spacial score (nSPS) is 14.7. The Balaban J connectivity index is 2.71. The van der Waals surface area contributed by atoms with Crippen LogP contribution in [0.5, 0.6) is 0 Å². The van der Waals surface area contributed by atoms with E-state index in [9.17, 15) is 4.21 Å². The van der Waals surface area contributed by atoms with Crippen molar-refractivity contribution in [3.63, 3.8) is 0 Å². The predicted molar refractivity (Wildman–Crippen MR) is 61.9 cm³/mol. The van der Waals surface area contributed by atoms with Crippen molar-refractivity contribution in [2.24, 2.45) is 0 Å². The van der Waals surface area contributed by atoms with Gasteiger partial charge in [0.2, 0.25) is 5.28 Å². The molecule has 15 heavy (non-hydrogen) atoms. The zero-order chi connectivity index (χ0) is 11.4. The molecule has 5 nitrogen and oxygen atoms in total. The third kappa shape index (κ3) is 4.27. The van der Waals surface area contributed by atoms with E-state index >= 15 is 0 Å². The summed E-state index contributed by atoms with van der Waals surface area (Å²) in [6.45, 7) is 1.87. The Hall–Kier alpha value is -0.460. The van der Waals surface area contributed by atoms with E-state index in [0.717, 1.165) is 0 Å². The number of hydrogen-bond donors (Lipinski definition) is 1. The van der Waals surface area contributed by atoms with E-state index in [4.69, 9.17) is 23.2 Å². The van der Waals surface area contributed by atoms with Crippen molar-refractivity contribution in [3.05, 3.63) is 10.4 Å². The van der Waals surface area contributed by atoms with Gasteiger partial charge in [0.1, 0.15) is 0 Å². The van der Waals surface area contributed by atoms with Gasteiger partial charge in [-0.15, -0.1) is 10.2 Å². The number of halogens is 2. The lowest BCUT2D eigenvalue weighted by Crippen LogP contribution is -2.23. The minimum Gasteiger partial charge on any atom is -0.364 e. The number of hydrogen-bond acceptors (Lipinski definition) is 5. The number of nitrogens with zero attached hydrogens (tertiary/aromatic N) is 3. The average Bonchev–Trinajstić information content (AvgIpc) is 2.10. The largest absolute Gasteiger partial charge is 0.364 e. The predicted octanol–water partition coefficient (Wildman–Crippen LogP) is 1.36. The summed E-state index contributed by atoms with van der Waals surface area (Å²) in [4.78, 5) is 3.87. The minimum atomic E-state index is -0.884. The average molecular weight is 269 g/mol. The van der Waals surface area contributed by atoms with Gasteiger partial charge >= 0.3 is 0 Å². The SMILES string of the molecule is CC(CS(C)=O)Nc1nc(Cl)nnc1Cl. The van der Waals surface area contributed by atoms with Gasteiger partial charge in [0.15, 0.2) is 11.0 Å². The molecule has 0 saturated carbocycles. The Kier molecular flexibility index (Phi) is 4.69. The van der Waals surface area contributed by atoms with Crippen LogP contribution in [0.4, 0.5) is 5.82 Å². The van der Waals surface area contributed by atoms with Crippen molar-refractivity contribution in [1.29, 1.82) is 0 Å². The van der Waals surface area contributed by atoms with Gasteiger partial charge in [-0.1, -0.05) is 11.6 Å². The second-order valence-electron chi connectivity index (χ2n) is 3.01. The molecule has 0 aliphatic carbocycles. The first-order valence-corrected chi connectivity index (χ1v) is 6.59. The molecular formula is C7H10Cl2N4OS. The van der Waals surface area contributed by atoms with Gasteiger partial charge in [-0.05, 0) is 18.5 Å². The summed E-state index contributed by atoms with van der Waals surface area (Å²) >= 11 is 11.3. The summed E-state index contributed by atoms with van der Waals surface area (Å²) < 4.78 is 11.0. The van der Waals surface area contributed by atoms with Crippen LogP contribution in [0, 0.1) is 0 Å². The molecule has 1 rings (SSSR count). The first-order chi connectivity index (χ1) is 6.99. The molecule has 0 radical (unpaired) electrons. The summed E-state index contributed by atoms with van der Waals surface area (Å²) in [7, 11) is -0.884. The van der Waals surface area contributed by atoms with Crippen LogP contribution in [0.15, 0.2) is 0 Å². The number of nitrogens with one attached hydrogen (secondary N) is 1. The molecule has 0 bridgehead atoms. The lowest BCUT2D eigenvalue weighted by Gasteiger charge is -2.12. The van der Waals surface area contributed by atoms with Gasteiger partial charge < -0.3 is 5.32 Å². The third-order valence-electron chi connectivity index (χ3n) is 1.49. The van der Waals surface area contributed by atoms with Crippen LogP contribution in [-0.4, -0.2) is 37.4 Å². The highest BCUT2D eigenvalue weighted by Crippen LogP contribution is 2.17. The molecule has 1 aromatic rings. The van der Waals surface area contributed by atoms with Gasteiger partial charge in [-0.3, -0.25) is 4.21 Å². The smallest absolute Gasteiger partial charge is 0.245 e. The van der Waals surface area contributed by atoms with Crippen LogP contribution >= 0.6 is 23.2 Å². The third-order valence-corrected chi connectivity index (χ3v) is 2.87. The van der Waals surface area contributed by atoms with Gasteiger partial charge in [0, 0.05) is 28.9 Å². The molecule has 2 unspecified atom stereocenters. The lowest BCUT2D eigenvalue weighted by molar-refractivity contribution is 0.682. The zero-order valence-corrected chi connectivity index (χ0v) is 10.5. The Bertz CT molecular complexity index is 376. The number of anilines is 1. The van der Waals surface area contributed by atoms with E-state index in [1.54, 1.807) is 6.26 Å². The molecule has 1 heterocycles. The second kappa shape index (κ2) is 5.58. The molecular weight excluding hydrogens is 259 g/mol. The molecule has 1 aromatic heterocycles. The summed E-state index contributed by atoms with van der Waals surface area (Å²) in [5.74, 6) is 0.854. The summed E-state index contributed by atoms with van der Waals surface area (Å²) in [5.41, 5.74) is 0. The van der Waals surface area contributed by atoms with E-state index in [1.165, 1.54) is 0 Å². The van der Waals surface area contributed by atoms with Crippen LogP contribution in [-0.2, 0) is 10.8 Å². The van der Waals surface area contributed by atoms with Crippen LogP contribution in [0.2, 0.25) is 10.4 Å². The highest BCUT2D eigenvalue weighted by Gasteiger charge is 2.10. The van der Waals surface area contributed by atoms with Crippen molar-refractivity contribution in [2.75, 3.05) is 17.3 Å². The highest BCUT2D eigenvalue weighted by molar-refractivity contribution is 7.84. The summed E-state index contributed by atoms with van der Waals surface area (Å²) in [6.07, 6.45) is 1.63. The van der Waals surface area contributed by atoms with Crippen molar-refractivity contribution in [3.8, 4) is 0 Å². The Labute approximate surface area is 100 Å². The molecule has 0 aromatic carbocycles. The van der Waals surface area contributed by atoms with Crippen LogP contribution in [0.3, 0.4) is 0 Å². The Morgan fingerprint density at radius 3 is 2.73 bits per heavy atom. The topological polar surface area (TPSA) is 67.8 Å². The maximum Gasteiger partial charge on any atom is 0.245 e. The zero-order valence-electron chi connectivity index (χ0n) is 8.20. The molecule has 0 spiro atoms. The molecule has 2 atom stereocenters. The van der Waals surface area contributed by atoms with Crippen molar-refractivity contribution in [2.45, 2.75) is 13.0 Å². The van der Waals surface area contributed by atoms with Crippen molar-refractivity contribution in [1.82, 2.24) is 15.2 Å². The van der Waals surface area contributed by atoms with Crippen molar-refractivity contribution < 1.29 is 4.21 Å². The quantitative estimate of drug-likeness (QED) is 0.893. The van der Waals surface area contributed by atoms with Gasteiger partial charge in [0.25, 0.3) is 0 Å². The van der Waals surface area contributed by atoms with E-state index in [-0.39, 0.29) is 16.5 Å². The Morgan fingerprint density at radius 2 is 2.13 bits per heavy atom. The minimum absolute atomic E-state index is 0.0201. The fourth-order valence-electron chi connectivity index (χ4n) is 1.01. The van der Waals surface area contributed by atoms with E-state index < -0.39 is 10.8 Å². The van der Waals surface area contributed by atoms with Crippen LogP contribution in [0.25, 0.3) is 0 Å². The molecule has 0 amide bonds. The summed E-state index contributed by atoms with van der Waals surface area (Å²) in [6, 6.07) is -0.0268. The van der Waals surface area contributed by atoms with Gasteiger partial charge in [-0.2, -0.15) is 4.98 Å². The van der Waals surface area contributed by atoms with E-state index in [2.05, 4.69) is 20.5 Å². The maximum absolute atomic E-state index is 11.0. The monoisotopic (exact) mass is 268 g/mol. The fourth-order valence-corrected chi connectivity index (χ4v) is 2.06. The fraction of sp³-hybridized carbons (Fsp3) is 0.571. The molecule has 8 heteroatoms. The molecule has 0 saturated heterocycles. The van der Waals surface area contributed by atoms with Gasteiger partial charge in [-0.25, -0.2) is 0 Å². The standard InChI is InChI=1S/C7H10Cl2N4OS/c1-4(3-15(2)14)10-6-5(8)12-13-7(9)11-6/h4H,3H2,1-2H3,(H,10,11,13). The van der Waals surface area contributed by atoms with Crippen LogP contribution in [0.1, 0.15) is 6.92 Å². The van der Waals surface area contributed by atoms with E-state index in [0.29, 0.717) is 11.6 Å². The molecule has 0 aliphatic heterocycles. The first-order valence-electron chi connectivity index (χ1n) is 4.11. The molecule has 1 N–H and O–H groups in total. The van der Waals surface area contributed by atoms with Gasteiger partial charge in [0.05, 0.1) is 0 Å².